The highest BCUT2D eigenvalue weighted by atomic mass is 16.5. The lowest BCUT2D eigenvalue weighted by molar-refractivity contribution is 0.0587. The Morgan fingerprint density at radius 1 is 1.04 bits per heavy atom. The molecule has 0 unspecified atom stereocenters. The van der Waals surface area contributed by atoms with Crippen LogP contribution >= 0.6 is 0 Å². The van der Waals surface area contributed by atoms with E-state index in [4.69, 9.17) is 10.5 Å². The summed E-state index contributed by atoms with van der Waals surface area (Å²) in [5.74, 6) is 0.588. The number of hydrogen-bond acceptors (Lipinski definition) is 3. The molecule has 1 aromatic carbocycles. The summed E-state index contributed by atoms with van der Waals surface area (Å²) in [6.07, 6.45) is 7.22. The minimum atomic E-state index is -0.314. The molecule has 0 aromatic heterocycles. The summed E-state index contributed by atoms with van der Waals surface area (Å²) < 4.78 is 5.31. The fourth-order valence-corrected chi connectivity index (χ4v) is 4.36. The number of benzene rings is 1. The number of hydrogen-bond donors (Lipinski definition) is 1. The minimum Gasteiger partial charge on any atom is -0.496 e. The van der Waals surface area contributed by atoms with E-state index >= 15 is 0 Å². The van der Waals surface area contributed by atoms with E-state index in [9.17, 15) is 9.59 Å². The maximum Gasteiger partial charge on any atom is 0.315 e. The van der Waals surface area contributed by atoms with Crippen LogP contribution in [0.3, 0.4) is 0 Å². The van der Waals surface area contributed by atoms with Gasteiger partial charge in [-0.3, -0.25) is 4.79 Å². The van der Waals surface area contributed by atoms with Crippen molar-refractivity contribution in [1.29, 1.82) is 0 Å². The van der Waals surface area contributed by atoms with Gasteiger partial charge in [0.25, 0.3) is 5.91 Å². The molecule has 26 heavy (non-hydrogen) atoms. The number of piperidine rings is 1. The van der Waals surface area contributed by atoms with Crippen LogP contribution in [0.1, 0.15) is 55.3 Å². The SMILES string of the molecule is COc1ccccc1C(=O)N1CCC(N(C(N)=O)C2CCCCC2)CC1. The van der Waals surface area contributed by atoms with E-state index in [0.717, 1.165) is 25.7 Å². The standard InChI is InChI=1S/C20H29N3O3/c1-26-18-10-6-5-9-17(18)19(24)22-13-11-16(12-14-22)23(20(21)25)15-7-3-2-4-8-15/h5-6,9-10,15-16H,2-4,7-8,11-14H2,1H3,(H2,21,25). The Bertz CT molecular complexity index is 635. The largest absolute Gasteiger partial charge is 0.496 e. The van der Waals surface area contributed by atoms with E-state index in [2.05, 4.69) is 0 Å². The van der Waals surface area contributed by atoms with E-state index in [1.165, 1.54) is 19.3 Å². The summed E-state index contributed by atoms with van der Waals surface area (Å²) in [6, 6.07) is 7.39. The van der Waals surface area contributed by atoms with Crippen molar-refractivity contribution in [3.63, 3.8) is 0 Å². The van der Waals surface area contributed by atoms with Crippen molar-refractivity contribution >= 4 is 11.9 Å². The molecule has 1 saturated heterocycles. The van der Waals surface area contributed by atoms with Crippen molar-refractivity contribution < 1.29 is 14.3 Å². The third-order valence-electron chi connectivity index (χ3n) is 5.71. The van der Waals surface area contributed by atoms with Crippen molar-refractivity contribution in [2.75, 3.05) is 20.2 Å². The molecule has 6 nitrogen and oxygen atoms in total. The van der Waals surface area contributed by atoms with Crippen LogP contribution in [0.4, 0.5) is 4.79 Å². The van der Waals surface area contributed by atoms with E-state index in [0.29, 0.717) is 24.4 Å². The van der Waals surface area contributed by atoms with Gasteiger partial charge in [0, 0.05) is 25.2 Å². The van der Waals surface area contributed by atoms with Crippen molar-refractivity contribution in [3.05, 3.63) is 29.8 Å². The van der Waals surface area contributed by atoms with Gasteiger partial charge in [0.05, 0.1) is 12.7 Å². The predicted molar refractivity (Wildman–Crippen MR) is 100 cm³/mol. The topological polar surface area (TPSA) is 75.9 Å². The molecule has 1 aliphatic carbocycles. The zero-order valence-electron chi connectivity index (χ0n) is 15.5. The van der Waals surface area contributed by atoms with Crippen LogP contribution in [0.5, 0.6) is 5.75 Å². The van der Waals surface area contributed by atoms with Gasteiger partial charge in [-0.15, -0.1) is 0 Å². The van der Waals surface area contributed by atoms with E-state index in [1.54, 1.807) is 19.2 Å². The Morgan fingerprint density at radius 2 is 1.65 bits per heavy atom. The van der Waals surface area contributed by atoms with Crippen molar-refractivity contribution in [1.82, 2.24) is 9.80 Å². The molecule has 2 fully saturated rings. The number of carbonyl (C=O) groups excluding carboxylic acids is 2. The predicted octanol–water partition coefficient (Wildman–Crippen LogP) is 3.01. The number of nitrogens with two attached hydrogens (primary N) is 1. The van der Waals surface area contributed by atoms with Crippen LogP contribution in [-0.2, 0) is 0 Å². The maximum atomic E-state index is 12.8. The number of urea groups is 1. The van der Waals surface area contributed by atoms with Crippen LogP contribution in [-0.4, -0.2) is 54.0 Å². The quantitative estimate of drug-likeness (QED) is 0.898. The van der Waals surface area contributed by atoms with E-state index in [-0.39, 0.29) is 24.0 Å². The van der Waals surface area contributed by atoms with Crippen molar-refractivity contribution in [2.45, 2.75) is 57.0 Å². The highest BCUT2D eigenvalue weighted by Crippen LogP contribution is 2.28. The molecule has 1 aromatic rings. The normalized spacial score (nSPS) is 19.2. The molecule has 2 aliphatic rings. The second-order valence-corrected chi connectivity index (χ2v) is 7.26. The number of ether oxygens (including phenoxy) is 1. The highest BCUT2D eigenvalue weighted by Gasteiger charge is 2.34. The van der Waals surface area contributed by atoms with E-state index < -0.39 is 0 Å². The van der Waals surface area contributed by atoms with Gasteiger partial charge in [-0.05, 0) is 37.8 Å². The number of rotatable bonds is 4. The number of likely N-dealkylation sites (tertiary alicyclic amines) is 1. The average molecular weight is 359 g/mol. The molecule has 3 amide bonds. The second kappa shape index (κ2) is 8.43. The number of primary amides is 1. The maximum absolute atomic E-state index is 12.8. The van der Waals surface area contributed by atoms with Gasteiger partial charge in [-0.1, -0.05) is 31.4 Å². The summed E-state index contributed by atoms with van der Waals surface area (Å²) in [7, 11) is 1.58. The first-order valence-corrected chi connectivity index (χ1v) is 9.62. The Labute approximate surface area is 155 Å². The number of nitrogens with zero attached hydrogens (tertiary/aromatic N) is 2. The number of methoxy groups -OCH3 is 1. The zero-order valence-corrected chi connectivity index (χ0v) is 15.5. The molecule has 0 radical (unpaired) electrons. The Balaban J connectivity index is 1.64. The third kappa shape index (κ3) is 3.94. The summed E-state index contributed by atoms with van der Waals surface area (Å²) >= 11 is 0. The van der Waals surface area contributed by atoms with Gasteiger partial charge in [-0.25, -0.2) is 4.79 Å². The van der Waals surface area contributed by atoms with Crippen molar-refractivity contribution in [2.24, 2.45) is 5.73 Å². The molecule has 0 spiro atoms. The molecule has 3 rings (SSSR count). The molecule has 0 bridgehead atoms. The molecule has 0 atom stereocenters. The summed E-state index contributed by atoms with van der Waals surface area (Å²) in [5.41, 5.74) is 6.30. The van der Waals surface area contributed by atoms with E-state index in [1.807, 2.05) is 21.9 Å². The van der Waals surface area contributed by atoms with Crippen LogP contribution in [0.25, 0.3) is 0 Å². The molecule has 1 heterocycles. The van der Waals surface area contributed by atoms with Gasteiger partial charge in [0.2, 0.25) is 0 Å². The smallest absolute Gasteiger partial charge is 0.315 e. The minimum absolute atomic E-state index is 0.0100. The summed E-state index contributed by atoms with van der Waals surface area (Å²) in [6.45, 7) is 1.27. The Morgan fingerprint density at radius 3 is 2.27 bits per heavy atom. The average Bonchev–Trinajstić information content (AvgIpc) is 2.68. The van der Waals surface area contributed by atoms with Crippen LogP contribution in [0.15, 0.2) is 24.3 Å². The molecule has 2 N–H and O–H groups in total. The first-order valence-electron chi connectivity index (χ1n) is 9.62. The van der Waals surface area contributed by atoms with Gasteiger partial charge < -0.3 is 20.3 Å². The van der Waals surface area contributed by atoms with Crippen molar-refractivity contribution in [3.8, 4) is 5.75 Å². The van der Waals surface area contributed by atoms with Gasteiger partial charge in [0.1, 0.15) is 5.75 Å². The van der Waals surface area contributed by atoms with Gasteiger partial charge in [0.15, 0.2) is 0 Å². The summed E-state index contributed by atoms with van der Waals surface area (Å²) in [4.78, 5) is 28.7. The lowest BCUT2D eigenvalue weighted by Crippen LogP contribution is -2.54. The Hall–Kier alpha value is -2.24. The second-order valence-electron chi connectivity index (χ2n) is 7.26. The zero-order chi connectivity index (χ0) is 18.5. The lowest BCUT2D eigenvalue weighted by Gasteiger charge is -2.42. The summed E-state index contributed by atoms with van der Waals surface area (Å²) in [5, 5.41) is 0. The Kier molecular flexibility index (Phi) is 6.01. The molecule has 1 saturated carbocycles. The fraction of sp³-hybridized carbons (Fsp3) is 0.600. The number of para-hydroxylation sites is 1. The monoisotopic (exact) mass is 359 g/mol. The van der Waals surface area contributed by atoms with Gasteiger partial charge in [-0.2, -0.15) is 0 Å². The molecule has 6 heteroatoms. The van der Waals surface area contributed by atoms with Gasteiger partial charge >= 0.3 is 6.03 Å². The fourth-order valence-electron chi connectivity index (χ4n) is 4.36. The van der Waals surface area contributed by atoms with Crippen LogP contribution in [0, 0.1) is 0 Å². The molecule has 142 valence electrons. The first kappa shape index (κ1) is 18.5. The molecular formula is C20H29N3O3. The lowest BCUT2D eigenvalue weighted by atomic mass is 9.91. The van der Waals surface area contributed by atoms with Crippen LogP contribution < -0.4 is 10.5 Å². The van der Waals surface area contributed by atoms with Crippen LogP contribution in [0.2, 0.25) is 0 Å². The third-order valence-corrected chi connectivity index (χ3v) is 5.71. The highest BCUT2D eigenvalue weighted by molar-refractivity contribution is 5.97. The number of carbonyl (C=O) groups is 2. The molecular weight excluding hydrogens is 330 g/mol. The first-order chi connectivity index (χ1) is 12.6. The number of amides is 3. The molecule has 1 aliphatic heterocycles.